The SMILES string of the molecule is [C-]#[N+]N=S1(=O)CCCCC1Cc1ccc(Cl)nc1. The first-order valence-electron chi connectivity index (χ1n) is 5.84. The van der Waals surface area contributed by atoms with Crippen LogP contribution < -0.4 is 0 Å². The molecule has 0 radical (unpaired) electrons. The summed E-state index contributed by atoms with van der Waals surface area (Å²) in [6.07, 6.45) is 5.17. The zero-order valence-corrected chi connectivity index (χ0v) is 11.5. The summed E-state index contributed by atoms with van der Waals surface area (Å²) in [6, 6.07) is 3.62. The lowest BCUT2D eigenvalue weighted by molar-refractivity contribution is 0.596. The fourth-order valence-electron chi connectivity index (χ4n) is 2.23. The van der Waals surface area contributed by atoms with Crippen molar-refractivity contribution in [3.8, 4) is 0 Å². The molecule has 1 aliphatic rings. The smallest absolute Gasteiger partial charge is 0.144 e. The summed E-state index contributed by atoms with van der Waals surface area (Å²) in [5, 5.41) is 0.414. The highest BCUT2D eigenvalue weighted by molar-refractivity contribution is 7.94. The number of nitrogens with zero attached hydrogens (tertiary/aromatic N) is 3. The van der Waals surface area contributed by atoms with Crippen molar-refractivity contribution >= 4 is 21.3 Å². The maximum absolute atomic E-state index is 12.6. The van der Waals surface area contributed by atoms with Crippen molar-refractivity contribution in [1.29, 1.82) is 0 Å². The molecule has 2 heterocycles. The van der Waals surface area contributed by atoms with Gasteiger partial charge in [-0.25, -0.2) is 9.19 Å². The minimum Gasteiger partial charge on any atom is -0.244 e. The molecule has 1 aromatic heterocycles. The Morgan fingerprint density at radius 1 is 1.56 bits per heavy atom. The number of aromatic nitrogens is 1. The van der Waals surface area contributed by atoms with Crippen molar-refractivity contribution in [1.82, 2.24) is 4.98 Å². The second-order valence-electron chi connectivity index (χ2n) is 4.39. The van der Waals surface area contributed by atoms with Crippen LogP contribution in [0.15, 0.2) is 22.8 Å². The normalized spacial score (nSPS) is 27.4. The molecule has 0 bridgehead atoms. The van der Waals surface area contributed by atoms with Gasteiger partial charge in [0.25, 0.3) is 0 Å². The minimum absolute atomic E-state index is 0.0386. The van der Waals surface area contributed by atoms with Crippen LogP contribution in [0.2, 0.25) is 5.15 Å². The summed E-state index contributed by atoms with van der Waals surface area (Å²) in [6.45, 7) is 6.81. The molecule has 0 spiro atoms. The van der Waals surface area contributed by atoms with Crippen LogP contribution in [-0.4, -0.2) is 20.2 Å². The molecular formula is C12H14ClN3OS. The topological polar surface area (TPSA) is 46.7 Å². The summed E-state index contributed by atoms with van der Waals surface area (Å²) < 4.78 is 16.3. The average Bonchev–Trinajstić information content (AvgIpc) is 2.35. The number of halogens is 1. The highest BCUT2D eigenvalue weighted by Crippen LogP contribution is 2.25. The molecule has 4 nitrogen and oxygen atoms in total. The number of rotatable bonds is 2. The Morgan fingerprint density at radius 3 is 3.06 bits per heavy atom. The molecule has 0 N–H and O–H groups in total. The van der Waals surface area contributed by atoms with Gasteiger partial charge in [0, 0.05) is 11.9 Å². The Hall–Kier alpha value is -1.12. The maximum Gasteiger partial charge on any atom is 0.144 e. The summed E-state index contributed by atoms with van der Waals surface area (Å²) in [4.78, 5) is 7.02. The third-order valence-corrected chi connectivity index (χ3v) is 6.06. The second kappa shape index (κ2) is 5.68. The lowest BCUT2D eigenvalue weighted by atomic mass is 10.1. The van der Waals surface area contributed by atoms with E-state index in [-0.39, 0.29) is 5.25 Å². The monoisotopic (exact) mass is 283 g/mol. The summed E-state index contributed by atoms with van der Waals surface area (Å²) in [5.41, 5.74) is 0.999. The van der Waals surface area contributed by atoms with Gasteiger partial charge in [0.05, 0.1) is 5.25 Å². The fourth-order valence-corrected chi connectivity index (χ4v) is 4.63. The van der Waals surface area contributed by atoms with Crippen molar-refractivity contribution in [3.63, 3.8) is 0 Å². The summed E-state index contributed by atoms with van der Waals surface area (Å²) in [5.74, 6) is 0.543. The Kier molecular flexibility index (Phi) is 4.20. The molecular weight excluding hydrogens is 270 g/mol. The molecule has 96 valence electrons. The van der Waals surface area contributed by atoms with E-state index in [1.807, 2.05) is 6.07 Å². The van der Waals surface area contributed by atoms with Crippen molar-refractivity contribution in [3.05, 3.63) is 40.6 Å². The van der Waals surface area contributed by atoms with Crippen molar-refractivity contribution in [2.24, 2.45) is 4.47 Å². The number of hydrogen-bond donors (Lipinski definition) is 0. The van der Waals surface area contributed by atoms with E-state index in [0.29, 0.717) is 17.3 Å². The third-order valence-electron chi connectivity index (χ3n) is 3.16. The molecule has 0 amide bonds. The van der Waals surface area contributed by atoms with E-state index < -0.39 is 9.73 Å². The van der Waals surface area contributed by atoms with E-state index in [0.717, 1.165) is 24.8 Å². The van der Waals surface area contributed by atoms with Crippen LogP contribution in [0.1, 0.15) is 24.8 Å². The molecule has 1 fully saturated rings. The van der Waals surface area contributed by atoms with Gasteiger partial charge in [-0.15, -0.1) is 4.95 Å². The summed E-state index contributed by atoms with van der Waals surface area (Å²) in [7, 11) is -2.38. The van der Waals surface area contributed by atoms with Crippen LogP contribution in [0, 0.1) is 6.57 Å². The number of pyridine rings is 1. The third kappa shape index (κ3) is 3.01. The van der Waals surface area contributed by atoms with Crippen LogP contribution >= 0.6 is 11.6 Å². The second-order valence-corrected chi connectivity index (χ2v) is 7.39. The molecule has 0 aromatic carbocycles. The predicted octanol–water partition coefficient (Wildman–Crippen LogP) is 3.13. The van der Waals surface area contributed by atoms with Gasteiger partial charge in [0.15, 0.2) is 0 Å². The quantitative estimate of drug-likeness (QED) is 0.475. The van der Waals surface area contributed by atoms with Crippen LogP contribution in [0.3, 0.4) is 0 Å². The highest BCUT2D eigenvalue weighted by atomic mass is 35.5. The van der Waals surface area contributed by atoms with Crippen LogP contribution in [0.25, 0.3) is 4.95 Å². The van der Waals surface area contributed by atoms with Crippen molar-refractivity contribution in [2.75, 3.05) is 5.75 Å². The summed E-state index contributed by atoms with van der Waals surface area (Å²) >= 11 is 5.73. The minimum atomic E-state index is -2.38. The van der Waals surface area contributed by atoms with Gasteiger partial charge < -0.3 is 0 Å². The van der Waals surface area contributed by atoms with Crippen molar-refractivity contribution < 1.29 is 4.21 Å². The lowest BCUT2D eigenvalue weighted by Crippen LogP contribution is -2.29. The molecule has 1 aliphatic heterocycles. The van der Waals surface area contributed by atoms with Crippen LogP contribution in [0.4, 0.5) is 0 Å². The lowest BCUT2D eigenvalue weighted by Gasteiger charge is -2.23. The molecule has 0 aliphatic carbocycles. The predicted molar refractivity (Wildman–Crippen MR) is 72.6 cm³/mol. The molecule has 2 atom stereocenters. The highest BCUT2D eigenvalue weighted by Gasteiger charge is 2.29. The Balaban J connectivity index is 2.21. The van der Waals surface area contributed by atoms with Gasteiger partial charge in [-0.1, -0.05) is 24.1 Å². The standard InChI is InChI=1S/C12H14ClN3OS/c1-14-16-18(17)7-3-2-4-11(18)8-10-5-6-12(13)15-9-10/h5-6,9,11H,2-4,7-8H2. The molecule has 1 aromatic rings. The zero-order valence-electron chi connectivity index (χ0n) is 9.88. The molecule has 6 heteroatoms. The average molecular weight is 284 g/mol. The van der Waals surface area contributed by atoms with Gasteiger partial charge in [-0.2, -0.15) is 6.57 Å². The molecule has 2 unspecified atom stereocenters. The molecule has 0 saturated carbocycles. The van der Waals surface area contributed by atoms with E-state index in [2.05, 4.69) is 14.4 Å². The Morgan fingerprint density at radius 2 is 2.39 bits per heavy atom. The largest absolute Gasteiger partial charge is 0.244 e. The van der Waals surface area contributed by atoms with Gasteiger partial charge in [-0.3, -0.25) is 0 Å². The van der Waals surface area contributed by atoms with E-state index >= 15 is 0 Å². The van der Waals surface area contributed by atoms with Crippen molar-refractivity contribution in [2.45, 2.75) is 30.9 Å². The molecule has 2 rings (SSSR count). The van der Waals surface area contributed by atoms with Crippen LogP contribution in [0.5, 0.6) is 0 Å². The van der Waals surface area contributed by atoms with E-state index in [4.69, 9.17) is 18.2 Å². The van der Waals surface area contributed by atoms with E-state index in [9.17, 15) is 4.21 Å². The van der Waals surface area contributed by atoms with Gasteiger partial charge in [0.2, 0.25) is 0 Å². The zero-order chi connectivity index (χ0) is 13.0. The molecule has 18 heavy (non-hydrogen) atoms. The van der Waals surface area contributed by atoms with E-state index in [1.165, 1.54) is 0 Å². The number of hydrogen-bond acceptors (Lipinski definition) is 3. The van der Waals surface area contributed by atoms with Crippen LogP contribution in [-0.2, 0) is 16.1 Å². The first-order valence-corrected chi connectivity index (χ1v) is 7.96. The first-order chi connectivity index (χ1) is 8.64. The Labute approximate surface area is 112 Å². The van der Waals surface area contributed by atoms with Gasteiger partial charge in [0.1, 0.15) is 19.4 Å². The fraction of sp³-hybridized carbons (Fsp3) is 0.500. The Bertz CT molecular complexity index is 570. The van der Waals surface area contributed by atoms with E-state index in [1.54, 1.807) is 12.3 Å². The van der Waals surface area contributed by atoms with Gasteiger partial charge in [-0.05, 0) is 30.9 Å². The maximum atomic E-state index is 12.6. The first kappa shape index (κ1) is 13.3. The molecule has 1 saturated heterocycles. The van der Waals surface area contributed by atoms with Gasteiger partial charge >= 0.3 is 0 Å².